The van der Waals surface area contributed by atoms with Gasteiger partial charge in [0, 0.05) is 34.0 Å². The lowest BCUT2D eigenvalue weighted by atomic mass is 10.1. The second kappa shape index (κ2) is 6.23. The number of anilines is 1. The van der Waals surface area contributed by atoms with E-state index >= 15 is 0 Å². The van der Waals surface area contributed by atoms with Crippen molar-refractivity contribution < 1.29 is 9.59 Å². The second-order valence-corrected chi connectivity index (χ2v) is 5.71. The van der Waals surface area contributed by atoms with Crippen molar-refractivity contribution in [3.05, 3.63) is 42.5 Å². The van der Waals surface area contributed by atoms with Crippen molar-refractivity contribution in [1.82, 2.24) is 9.88 Å². The molecule has 1 unspecified atom stereocenters. The maximum absolute atomic E-state index is 12.1. The van der Waals surface area contributed by atoms with Crippen LogP contribution in [-0.2, 0) is 11.3 Å². The van der Waals surface area contributed by atoms with Gasteiger partial charge < -0.3 is 20.9 Å². The van der Waals surface area contributed by atoms with Crippen LogP contribution in [0.15, 0.2) is 42.5 Å². The molecule has 124 valence electrons. The van der Waals surface area contributed by atoms with E-state index in [-0.39, 0.29) is 5.91 Å². The highest BCUT2D eigenvalue weighted by Crippen LogP contribution is 2.30. The third-order valence-electron chi connectivity index (χ3n) is 4.11. The van der Waals surface area contributed by atoms with Crippen molar-refractivity contribution in [2.45, 2.75) is 26.4 Å². The van der Waals surface area contributed by atoms with Crippen molar-refractivity contribution in [3.8, 4) is 0 Å². The summed E-state index contributed by atoms with van der Waals surface area (Å²) in [5.41, 5.74) is 8.03. The molecule has 0 radical (unpaired) electrons. The number of aryl methyl sites for hydroxylation is 1. The zero-order chi connectivity index (χ0) is 17.3. The molecule has 1 heterocycles. The number of amides is 3. The molecule has 3 amide bonds. The summed E-state index contributed by atoms with van der Waals surface area (Å²) in [6.45, 7) is 4.57. The number of primary amides is 1. The van der Waals surface area contributed by atoms with E-state index in [0.717, 1.165) is 22.8 Å². The molecular weight excluding hydrogens is 304 g/mol. The first-order valence-corrected chi connectivity index (χ1v) is 7.89. The lowest BCUT2D eigenvalue weighted by Crippen LogP contribution is -2.44. The minimum atomic E-state index is -0.723. The zero-order valence-electron chi connectivity index (χ0n) is 13.7. The number of urea groups is 1. The van der Waals surface area contributed by atoms with Gasteiger partial charge in [0.25, 0.3) is 0 Å². The van der Waals surface area contributed by atoms with E-state index in [1.54, 1.807) is 6.92 Å². The molecule has 2 aromatic carbocycles. The fourth-order valence-corrected chi connectivity index (χ4v) is 3.00. The first kappa shape index (κ1) is 15.9. The molecule has 4 N–H and O–H groups in total. The quantitative estimate of drug-likeness (QED) is 0.689. The molecular formula is C18H20N4O2. The fraction of sp³-hybridized carbons (Fsp3) is 0.222. The molecule has 6 heteroatoms. The van der Waals surface area contributed by atoms with Gasteiger partial charge in [-0.05, 0) is 38.1 Å². The van der Waals surface area contributed by atoms with E-state index in [4.69, 9.17) is 5.73 Å². The Kier molecular flexibility index (Phi) is 4.12. The summed E-state index contributed by atoms with van der Waals surface area (Å²) in [6, 6.07) is 12.6. The number of carbonyl (C=O) groups is 2. The molecule has 24 heavy (non-hydrogen) atoms. The maximum Gasteiger partial charge on any atom is 0.312 e. The Bertz CT molecular complexity index is 929. The van der Waals surface area contributed by atoms with Crippen LogP contribution in [0.1, 0.15) is 13.8 Å². The van der Waals surface area contributed by atoms with Gasteiger partial charge in [0.15, 0.2) is 0 Å². The molecule has 0 aliphatic carbocycles. The van der Waals surface area contributed by atoms with Crippen LogP contribution in [-0.4, -0.2) is 22.5 Å². The molecule has 0 spiro atoms. The van der Waals surface area contributed by atoms with Crippen LogP contribution >= 0.6 is 0 Å². The Labute approximate surface area is 139 Å². The predicted octanol–water partition coefficient (Wildman–Crippen LogP) is 2.81. The molecule has 0 bridgehead atoms. The Morgan fingerprint density at radius 1 is 1.12 bits per heavy atom. The highest BCUT2D eigenvalue weighted by molar-refractivity contribution is 6.10. The van der Waals surface area contributed by atoms with Gasteiger partial charge in [-0.15, -0.1) is 0 Å². The number of para-hydroxylation sites is 1. The average molecular weight is 324 g/mol. The first-order valence-electron chi connectivity index (χ1n) is 7.89. The van der Waals surface area contributed by atoms with Gasteiger partial charge in [-0.3, -0.25) is 4.79 Å². The van der Waals surface area contributed by atoms with Gasteiger partial charge in [0.05, 0.1) is 0 Å². The van der Waals surface area contributed by atoms with E-state index < -0.39 is 12.1 Å². The number of carbonyl (C=O) groups excluding carboxylic acids is 2. The highest BCUT2D eigenvalue weighted by atomic mass is 16.2. The monoisotopic (exact) mass is 324 g/mol. The summed E-state index contributed by atoms with van der Waals surface area (Å²) >= 11 is 0. The highest BCUT2D eigenvalue weighted by Gasteiger charge is 2.15. The normalized spacial score (nSPS) is 12.2. The van der Waals surface area contributed by atoms with Crippen LogP contribution in [0.5, 0.6) is 0 Å². The molecule has 1 atom stereocenters. The summed E-state index contributed by atoms with van der Waals surface area (Å²) in [4.78, 5) is 23.0. The molecule has 3 rings (SSSR count). The summed E-state index contributed by atoms with van der Waals surface area (Å²) < 4.78 is 2.24. The molecule has 0 saturated heterocycles. The largest absolute Gasteiger partial charge is 0.352 e. The number of aromatic nitrogens is 1. The van der Waals surface area contributed by atoms with E-state index in [1.165, 1.54) is 5.52 Å². The number of benzene rings is 2. The van der Waals surface area contributed by atoms with Gasteiger partial charge in [-0.1, -0.05) is 18.2 Å². The number of nitrogens with zero attached hydrogens (tertiary/aromatic N) is 1. The van der Waals surface area contributed by atoms with Crippen molar-refractivity contribution in [2.75, 3.05) is 5.32 Å². The van der Waals surface area contributed by atoms with Gasteiger partial charge in [0.2, 0.25) is 5.91 Å². The third kappa shape index (κ3) is 2.78. The maximum atomic E-state index is 12.1. The molecule has 0 aliphatic heterocycles. The number of rotatable bonds is 4. The number of nitrogens with two attached hydrogens (primary N) is 1. The zero-order valence-corrected chi connectivity index (χ0v) is 13.7. The predicted molar refractivity (Wildman–Crippen MR) is 95.9 cm³/mol. The van der Waals surface area contributed by atoms with Crippen LogP contribution in [0.4, 0.5) is 10.5 Å². The van der Waals surface area contributed by atoms with Crippen LogP contribution in [0.3, 0.4) is 0 Å². The number of fused-ring (bicyclic) bond motifs is 3. The smallest absolute Gasteiger partial charge is 0.312 e. The van der Waals surface area contributed by atoms with Crippen molar-refractivity contribution in [2.24, 2.45) is 5.73 Å². The van der Waals surface area contributed by atoms with E-state index in [0.29, 0.717) is 5.69 Å². The number of hydrogen-bond donors (Lipinski definition) is 3. The Morgan fingerprint density at radius 3 is 2.54 bits per heavy atom. The Balaban J connectivity index is 1.98. The fourth-order valence-electron chi connectivity index (χ4n) is 3.00. The lowest BCUT2D eigenvalue weighted by molar-refractivity contribution is -0.117. The topological polar surface area (TPSA) is 89.2 Å². The van der Waals surface area contributed by atoms with E-state index in [2.05, 4.69) is 34.3 Å². The van der Waals surface area contributed by atoms with Crippen molar-refractivity contribution in [3.63, 3.8) is 0 Å². The summed E-state index contributed by atoms with van der Waals surface area (Å²) in [6.07, 6.45) is 0. The Hall–Kier alpha value is -3.02. The van der Waals surface area contributed by atoms with Gasteiger partial charge >= 0.3 is 6.03 Å². The molecule has 1 aromatic heterocycles. The second-order valence-electron chi connectivity index (χ2n) is 5.71. The Morgan fingerprint density at radius 2 is 1.83 bits per heavy atom. The van der Waals surface area contributed by atoms with E-state index in [1.807, 2.05) is 30.3 Å². The summed E-state index contributed by atoms with van der Waals surface area (Å²) in [5.74, 6) is -0.313. The van der Waals surface area contributed by atoms with Crippen LogP contribution in [0.2, 0.25) is 0 Å². The number of nitrogens with one attached hydrogen (secondary N) is 2. The lowest BCUT2D eigenvalue weighted by Gasteiger charge is -2.12. The summed E-state index contributed by atoms with van der Waals surface area (Å²) in [7, 11) is 0. The molecule has 0 fully saturated rings. The third-order valence-corrected chi connectivity index (χ3v) is 4.11. The SMILES string of the molecule is CCn1c2ccccc2c2cc(NC(=O)C(C)NC(N)=O)ccc21. The summed E-state index contributed by atoms with van der Waals surface area (Å²) in [5, 5.41) is 7.41. The van der Waals surface area contributed by atoms with Crippen LogP contribution in [0, 0.1) is 0 Å². The molecule has 0 aliphatic rings. The van der Waals surface area contributed by atoms with Gasteiger partial charge in [0.1, 0.15) is 6.04 Å². The molecule has 0 saturated carbocycles. The average Bonchev–Trinajstić information content (AvgIpc) is 2.87. The van der Waals surface area contributed by atoms with Crippen molar-refractivity contribution in [1.29, 1.82) is 0 Å². The number of hydrogen-bond acceptors (Lipinski definition) is 2. The van der Waals surface area contributed by atoms with Crippen LogP contribution < -0.4 is 16.4 Å². The minimum Gasteiger partial charge on any atom is -0.352 e. The van der Waals surface area contributed by atoms with Gasteiger partial charge in [-0.2, -0.15) is 0 Å². The minimum absolute atomic E-state index is 0.313. The van der Waals surface area contributed by atoms with Crippen molar-refractivity contribution >= 4 is 39.4 Å². The molecule has 6 nitrogen and oxygen atoms in total. The van der Waals surface area contributed by atoms with Crippen LogP contribution in [0.25, 0.3) is 21.8 Å². The first-order chi connectivity index (χ1) is 11.5. The molecule has 3 aromatic rings. The van der Waals surface area contributed by atoms with E-state index in [9.17, 15) is 9.59 Å². The standard InChI is InChI=1S/C18H20N4O2/c1-3-22-15-7-5-4-6-13(15)14-10-12(8-9-16(14)22)21-17(23)11(2)20-18(19)24/h4-11H,3H2,1-2H3,(H,21,23)(H3,19,20,24). The van der Waals surface area contributed by atoms with Gasteiger partial charge in [-0.25, -0.2) is 4.79 Å².